The van der Waals surface area contributed by atoms with Gasteiger partial charge in [-0.2, -0.15) is 0 Å². The molecular weight excluding hydrogens is 246 g/mol. The predicted molar refractivity (Wildman–Crippen MR) is 70.9 cm³/mol. The van der Waals surface area contributed by atoms with E-state index in [9.17, 15) is 4.79 Å². The summed E-state index contributed by atoms with van der Waals surface area (Å²) < 4.78 is 5.54. The smallest absolute Gasteiger partial charge is 0.261 e. The molecule has 3 rings (SSSR count). The van der Waals surface area contributed by atoms with E-state index in [1.54, 1.807) is 6.26 Å². The van der Waals surface area contributed by atoms with Gasteiger partial charge < -0.3 is 9.73 Å². The van der Waals surface area contributed by atoms with Gasteiger partial charge in [0.2, 0.25) is 0 Å². The van der Waals surface area contributed by atoms with Crippen molar-refractivity contribution >= 4 is 17.2 Å². The fraction of sp³-hybridized carbons (Fsp3) is 0.357. The number of carbonyl (C=O) groups excluding carboxylic acids is 1. The van der Waals surface area contributed by atoms with Crippen molar-refractivity contribution in [3.63, 3.8) is 0 Å². The van der Waals surface area contributed by atoms with Crippen molar-refractivity contribution in [2.24, 2.45) is 0 Å². The number of nitrogens with one attached hydrogen (secondary N) is 1. The number of amides is 1. The minimum Gasteiger partial charge on any atom is -0.469 e. The van der Waals surface area contributed by atoms with E-state index in [4.69, 9.17) is 4.42 Å². The zero-order valence-corrected chi connectivity index (χ0v) is 11.0. The fourth-order valence-corrected chi connectivity index (χ4v) is 3.19. The van der Waals surface area contributed by atoms with E-state index in [1.165, 1.54) is 16.9 Å². The zero-order valence-electron chi connectivity index (χ0n) is 10.2. The summed E-state index contributed by atoms with van der Waals surface area (Å²) >= 11 is 1.47. The van der Waals surface area contributed by atoms with E-state index in [2.05, 4.69) is 5.32 Å². The van der Waals surface area contributed by atoms with Crippen LogP contribution in [0.4, 0.5) is 0 Å². The van der Waals surface area contributed by atoms with Gasteiger partial charge in [0.15, 0.2) is 0 Å². The second-order valence-corrected chi connectivity index (χ2v) is 5.60. The van der Waals surface area contributed by atoms with Crippen molar-refractivity contribution in [2.75, 3.05) is 0 Å². The van der Waals surface area contributed by atoms with Gasteiger partial charge in [-0.15, -0.1) is 11.3 Å². The van der Waals surface area contributed by atoms with Gasteiger partial charge in [-0.25, -0.2) is 0 Å². The lowest BCUT2D eigenvalue weighted by Crippen LogP contribution is -2.30. The molecule has 0 fully saturated rings. The predicted octanol–water partition coefficient (Wildman–Crippen LogP) is 3.46. The molecule has 1 unspecified atom stereocenters. The van der Waals surface area contributed by atoms with Crippen LogP contribution in [0.1, 0.15) is 45.4 Å². The van der Waals surface area contributed by atoms with E-state index in [0.29, 0.717) is 0 Å². The molecular formula is C14H15NO2S. The summed E-state index contributed by atoms with van der Waals surface area (Å²) in [6, 6.07) is 3.85. The SMILES string of the molecule is Cc1coc2c1C(NC(=O)c1cccs1)CCC2. The Kier molecular flexibility index (Phi) is 2.96. The van der Waals surface area contributed by atoms with Crippen LogP contribution in [0.15, 0.2) is 28.2 Å². The highest BCUT2D eigenvalue weighted by molar-refractivity contribution is 7.12. The van der Waals surface area contributed by atoms with Crippen molar-refractivity contribution in [2.45, 2.75) is 32.2 Å². The van der Waals surface area contributed by atoms with E-state index in [0.717, 1.165) is 35.5 Å². The molecule has 1 aliphatic carbocycles. The van der Waals surface area contributed by atoms with Crippen molar-refractivity contribution < 1.29 is 9.21 Å². The van der Waals surface area contributed by atoms with Gasteiger partial charge in [0.1, 0.15) is 5.76 Å². The Bertz CT molecular complexity index is 556. The minimum absolute atomic E-state index is 0.0171. The molecule has 0 aromatic carbocycles. The molecule has 2 aromatic rings. The maximum absolute atomic E-state index is 12.1. The molecule has 1 atom stereocenters. The van der Waals surface area contributed by atoms with Gasteiger partial charge in [-0.1, -0.05) is 6.07 Å². The molecule has 94 valence electrons. The maximum Gasteiger partial charge on any atom is 0.261 e. The van der Waals surface area contributed by atoms with Crippen LogP contribution in [0.5, 0.6) is 0 Å². The van der Waals surface area contributed by atoms with Gasteiger partial charge in [0.25, 0.3) is 5.91 Å². The lowest BCUT2D eigenvalue weighted by Gasteiger charge is -2.23. The Balaban J connectivity index is 1.82. The normalized spacial score (nSPS) is 18.4. The van der Waals surface area contributed by atoms with Crippen LogP contribution in [-0.4, -0.2) is 5.91 Å². The highest BCUT2D eigenvalue weighted by Gasteiger charge is 2.26. The van der Waals surface area contributed by atoms with Gasteiger partial charge in [0, 0.05) is 12.0 Å². The number of fused-ring (bicyclic) bond motifs is 1. The monoisotopic (exact) mass is 261 g/mol. The molecule has 0 bridgehead atoms. The Morgan fingerprint density at radius 3 is 3.22 bits per heavy atom. The van der Waals surface area contributed by atoms with Crippen LogP contribution in [0.3, 0.4) is 0 Å². The summed E-state index contributed by atoms with van der Waals surface area (Å²) in [5.41, 5.74) is 2.33. The first-order valence-electron chi connectivity index (χ1n) is 6.17. The number of rotatable bonds is 2. The molecule has 1 aliphatic rings. The number of hydrogen-bond acceptors (Lipinski definition) is 3. The second kappa shape index (κ2) is 4.61. The third-order valence-electron chi connectivity index (χ3n) is 3.40. The molecule has 1 amide bonds. The highest BCUT2D eigenvalue weighted by Crippen LogP contribution is 2.33. The lowest BCUT2D eigenvalue weighted by atomic mass is 9.91. The zero-order chi connectivity index (χ0) is 12.5. The molecule has 3 nitrogen and oxygen atoms in total. The molecule has 2 heterocycles. The number of aryl methyl sites for hydroxylation is 2. The quantitative estimate of drug-likeness (QED) is 0.899. The van der Waals surface area contributed by atoms with Gasteiger partial charge >= 0.3 is 0 Å². The van der Waals surface area contributed by atoms with E-state index >= 15 is 0 Å². The van der Waals surface area contributed by atoms with Crippen LogP contribution in [-0.2, 0) is 6.42 Å². The number of furan rings is 1. The van der Waals surface area contributed by atoms with Crippen LogP contribution < -0.4 is 5.32 Å². The Morgan fingerprint density at radius 1 is 1.56 bits per heavy atom. The minimum atomic E-state index is 0.0171. The van der Waals surface area contributed by atoms with Crippen molar-refractivity contribution in [3.05, 3.63) is 45.5 Å². The fourth-order valence-electron chi connectivity index (χ4n) is 2.56. The van der Waals surface area contributed by atoms with Gasteiger partial charge in [-0.3, -0.25) is 4.79 Å². The Hall–Kier alpha value is -1.55. The summed E-state index contributed by atoms with van der Waals surface area (Å²) in [6.45, 7) is 2.04. The summed E-state index contributed by atoms with van der Waals surface area (Å²) in [5.74, 6) is 1.05. The van der Waals surface area contributed by atoms with E-state index in [1.807, 2.05) is 24.4 Å². The van der Waals surface area contributed by atoms with E-state index in [-0.39, 0.29) is 11.9 Å². The first kappa shape index (κ1) is 11.5. The van der Waals surface area contributed by atoms with Crippen LogP contribution in [0.25, 0.3) is 0 Å². The van der Waals surface area contributed by atoms with Gasteiger partial charge in [-0.05, 0) is 36.8 Å². The Morgan fingerprint density at radius 2 is 2.44 bits per heavy atom. The van der Waals surface area contributed by atoms with Crippen LogP contribution >= 0.6 is 11.3 Å². The molecule has 0 saturated carbocycles. The molecule has 4 heteroatoms. The van der Waals surface area contributed by atoms with Crippen LogP contribution in [0, 0.1) is 6.92 Å². The van der Waals surface area contributed by atoms with Crippen molar-refractivity contribution in [1.29, 1.82) is 0 Å². The summed E-state index contributed by atoms with van der Waals surface area (Å²) in [7, 11) is 0. The molecule has 0 spiro atoms. The van der Waals surface area contributed by atoms with Crippen LogP contribution in [0.2, 0.25) is 0 Å². The average Bonchev–Trinajstić information content (AvgIpc) is 3.00. The standard InChI is InChI=1S/C14H15NO2S/c1-9-8-17-11-5-2-4-10(13(9)11)15-14(16)12-6-3-7-18-12/h3,6-8,10H,2,4-5H2,1H3,(H,15,16). The molecule has 2 aromatic heterocycles. The molecule has 0 aliphatic heterocycles. The van der Waals surface area contributed by atoms with Crippen molar-refractivity contribution in [3.8, 4) is 0 Å². The first-order chi connectivity index (χ1) is 8.75. The highest BCUT2D eigenvalue weighted by atomic mass is 32.1. The molecule has 0 saturated heterocycles. The largest absolute Gasteiger partial charge is 0.469 e. The Labute approximate surface area is 110 Å². The summed E-state index contributed by atoms with van der Waals surface area (Å²) in [4.78, 5) is 12.9. The van der Waals surface area contributed by atoms with E-state index < -0.39 is 0 Å². The molecule has 1 N–H and O–H groups in total. The number of hydrogen-bond donors (Lipinski definition) is 1. The lowest BCUT2D eigenvalue weighted by molar-refractivity contribution is 0.0936. The summed E-state index contributed by atoms with van der Waals surface area (Å²) in [5, 5.41) is 5.04. The molecule has 0 radical (unpaired) electrons. The maximum atomic E-state index is 12.1. The third-order valence-corrected chi connectivity index (χ3v) is 4.27. The second-order valence-electron chi connectivity index (χ2n) is 4.65. The number of carbonyl (C=O) groups is 1. The van der Waals surface area contributed by atoms with Crippen molar-refractivity contribution in [1.82, 2.24) is 5.32 Å². The first-order valence-corrected chi connectivity index (χ1v) is 7.05. The third kappa shape index (κ3) is 1.97. The topological polar surface area (TPSA) is 42.2 Å². The summed E-state index contributed by atoms with van der Waals surface area (Å²) in [6.07, 6.45) is 4.83. The van der Waals surface area contributed by atoms with Gasteiger partial charge in [0.05, 0.1) is 17.2 Å². The molecule has 18 heavy (non-hydrogen) atoms. The average molecular weight is 261 g/mol. The number of thiophene rings is 1.